The standard InChI is InChI=1S/C19H17FN3O4.K/c1-23-14-9-12(8-11-2-4-13(20)5-3-11)10-22-16(14)17(25)15(19(23)27)18(26)21-6-7-24;/h2-5,9-10,25H,6-8H2,1H3,(H,21,26);/q-1;+1. The van der Waals surface area contributed by atoms with Gasteiger partial charge >= 0.3 is 51.4 Å². The Morgan fingerprint density at radius 1 is 1.29 bits per heavy atom. The van der Waals surface area contributed by atoms with Crippen molar-refractivity contribution in [1.82, 2.24) is 14.9 Å². The zero-order valence-corrected chi connectivity index (χ0v) is 18.7. The van der Waals surface area contributed by atoms with Crippen LogP contribution in [0.4, 0.5) is 4.39 Å². The van der Waals surface area contributed by atoms with Gasteiger partial charge in [-0.25, -0.2) is 4.39 Å². The van der Waals surface area contributed by atoms with Crippen LogP contribution < -0.4 is 67.4 Å². The first-order valence-electron chi connectivity index (χ1n) is 8.23. The van der Waals surface area contributed by atoms with Gasteiger partial charge < -0.3 is 20.1 Å². The Morgan fingerprint density at radius 3 is 2.61 bits per heavy atom. The molecule has 9 heteroatoms. The van der Waals surface area contributed by atoms with E-state index in [2.05, 4.69) is 10.3 Å². The molecule has 2 heterocycles. The number of aromatic hydroxyl groups is 1. The zero-order valence-electron chi connectivity index (χ0n) is 15.5. The number of nitrogens with one attached hydrogen (secondary N) is 1. The first kappa shape index (κ1) is 22.7. The molecule has 3 aromatic rings. The average molecular weight is 409 g/mol. The molecule has 1 amide bonds. The smallest absolute Gasteiger partial charge is 0.853 e. The summed E-state index contributed by atoms with van der Waals surface area (Å²) in [5.41, 5.74) is 0.943. The summed E-state index contributed by atoms with van der Waals surface area (Å²) < 4.78 is 14.3. The molecule has 0 bridgehead atoms. The van der Waals surface area contributed by atoms with Crippen LogP contribution in [-0.4, -0.2) is 33.7 Å². The third kappa shape index (κ3) is 4.68. The number of hydrogen-bond acceptors (Lipinski definition) is 5. The molecule has 0 fully saturated rings. The summed E-state index contributed by atoms with van der Waals surface area (Å²) in [5.74, 6) is -1.67. The fraction of sp³-hybridized carbons (Fsp3) is 0.211. The third-order valence-electron chi connectivity index (χ3n) is 4.20. The zero-order chi connectivity index (χ0) is 19.6. The normalized spacial score (nSPS) is 10.5. The van der Waals surface area contributed by atoms with Crippen molar-refractivity contribution in [2.24, 2.45) is 7.05 Å². The molecular weight excluding hydrogens is 392 g/mol. The second-order valence-electron chi connectivity index (χ2n) is 6.06. The topological polar surface area (TPSA) is 107 Å². The quantitative estimate of drug-likeness (QED) is 0.452. The van der Waals surface area contributed by atoms with Crippen molar-refractivity contribution in [2.45, 2.75) is 6.42 Å². The Kier molecular flexibility index (Phi) is 7.87. The van der Waals surface area contributed by atoms with Gasteiger partial charge in [-0.05, 0) is 35.7 Å². The Balaban J connectivity index is 0.00000280. The van der Waals surface area contributed by atoms with Gasteiger partial charge in [0.2, 0.25) is 0 Å². The van der Waals surface area contributed by atoms with Crippen LogP contribution >= 0.6 is 0 Å². The Bertz CT molecular complexity index is 1070. The van der Waals surface area contributed by atoms with Gasteiger partial charge in [0.1, 0.15) is 16.9 Å². The summed E-state index contributed by atoms with van der Waals surface area (Å²) in [7, 11) is 1.47. The van der Waals surface area contributed by atoms with Crippen molar-refractivity contribution < 1.29 is 70.8 Å². The van der Waals surface area contributed by atoms with Crippen molar-refractivity contribution >= 4 is 16.9 Å². The largest absolute Gasteiger partial charge is 1.00 e. The minimum absolute atomic E-state index is 0. The molecule has 2 N–H and O–H groups in total. The van der Waals surface area contributed by atoms with E-state index in [4.69, 9.17) is 0 Å². The Hall–Kier alpha value is -1.62. The molecule has 2 aromatic heterocycles. The van der Waals surface area contributed by atoms with Crippen LogP contribution in [0.15, 0.2) is 41.3 Å². The summed E-state index contributed by atoms with van der Waals surface area (Å²) in [6, 6.07) is 7.71. The van der Waals surface area contributed by atoms with Crippen LogP contribution in [0.2, 0.25) is 0 Å². The molecule has 0 spiro atoms. The van der Waals surface area contributed by atoms with E-state index >= 15 is 0 Å². The number of amides is 1. The maximum Gasteiger partial charge on any atom is 1.00 e. The molecular formula is C19H17FKN3O4. The number of carbonyl (C=O) groups excluding carboxylic acids is 1. The molecule has 1 aromatic carbocycles. The van der Waals surface area contributed by atoms with Crippen LogP contribution in [0.1, 0.15) is 21.5 Å². The SMILES string of the molecule is Cn1c(=O)c(C(=O)NCC[O-])c(O)c2ncc(Cc3ccc(F)cc3)cc21.[K+]. The molecule has 0 unspecified atom stereocenters. The van der Waals surface area contributed by atoms with Crippen molar-refractivity contribution in [3.05, 3.63) is 69.4 Å². The molecule has 0 saturated carbocycles. The van der Waals surface area contributed by atoms with Crippen molar-refractivity contribution in [3.63, 3.8) is 0 Å². The van der Waals surface area contributed by atoms with Crippen LogP contribution in [0, 0.1) is 5.82 Å². The monoisotopic (exact) mass is 409 g/mol. The van der Waals surface area contributed by atoms with Crippen molar-refractivity contribution in [1.29, 1.82) is 0 Å². The van der Waals surface area contributed by atoms with E-state index in [0.717, 1.165) is 11.1 Å². The maximum absolute atomic E-state index is 13.0. The maximum atomic E-state index is 13.0. The van der Waals surface area contributed by atoms with E-state index in [1.54, 1.807) is 18.2 Å². The number of pyridine rings is 2. The van der Waals surface area contributed by atoms with E-state index < -0.39 is 29.4 Å². The number of rotatable bonds is 5. The van der Waals surface area contributed by atoms with E-state index in [0.29, 0.717) is 11.9 Å². The van der Waals surface area contributed by atoms with Gasteiger partial charge in [-0.15, -0.1) is 6.61 Å². The molecule has 0 aliphatic heterocycles. The van der Waals surface area contributed by atoms with Crippen LogP contribution in [0.3, 0.4) is 0 Å². The van der Waals surface area contributed by atoms with Gasteiger partial charge in [-0.3, -0.25) is 14.6 Å². The van der Waals surface area contributed by atoms with Crippen molar-refractivity contribution in [2.75, 3.05) is 13.2 Å². The number of aryl methyl sites for hydroxylation is 1. The first-order chi connectivity index (χ1) is 12.9. The van der Waals surface area contributed by atoms with Gasteiger partial charge in [0.25, 0.3) is 11.5 Å². The average Bonchev–Trinajstić information content (AvgIpc) is 2.66. The minimum Gasteiger partial charge on any atom is -0.853 e. The summed E-state index contributed by atoms with van der Waals surface area (Å²) in [6.45, 7) is -0.686. The second kappa shape index (κ2) is 9.73. The Morgan fingerprint density at radius 2 is 1.96 bits per heavy atom. The number of hydrogen-bond donors (Lipinski definition) is 2. The molecule has 0 saturated heterocycles. The van der Waals surface area contributed by atoms with Crippen LogP contribution in [-0.2, 0) is 13.5 Å². The summed E-state index contributed by atoms with van der Waals surface area (Å²) >= 11 is 0. The molecule has 0 radical (unpaired) electrons. The fourth-order valence-electron chi connectivity index (χ4n) is 2.82. The number of carbonyl (C=O) groups is 1. The van der Waals surface area contributed by atoms with Gasteiger partial charge in [-0.1, -0.05) is 12.1 Å². The molecule has 0 aliphatic carbocycles. The number of fused-ring (bicyclic) bond motifs is 1. The van der Waals surface area contributed by atoms with Crippen LogP contribution in [0.5, 0.6) is 5.75 Å². The van der Waals surface area contributed by atoms with Crippen molar-refractivity contribution in [3.8, 4) is 5.75 Å². The second-order valence-corrected chi connectivity index (χ2v) is 6.06. The fourth-order valence-corrected chi connectivity index (χ4v) is 2.82. The number of halogens is 1. The molecule has 28 heavy (non-hydrogen) atoms. The summed E-state index contributed by atoms with van der Waals surface area (Å²) in [6.07, 6.45) is 1.99. The molecule has 0 aliphatic rings. The summed E-state index contributed by atoms with van der Waals surface area (Å²) in [5, 5.41) is 23.2. The predicted octanol–water partition coefficient (Wildman–Crippen LogP) is -2.54. The van der Waals surface area contributed by atoms with Crippen LogP contribution in [0.25, 0.3) is 11.0 Å². The number of benzene rings is 1. The number of nitrogens with zero attached hydrogens (tertiary/aromatic N) is 2. The number of aromatic nitrogens is 2. The van der Waals surface area contributed by atoms with E-state index in [1.807, 2.05) is 0 Å². The van der Waals surface area contributed by atoms with E-state index in [9.17, 15) is 24.2 Å². The van der Waals surface area contributed by atoms with Gasteiger partial charge in [0, 0.05) is 19.8 Å². The minimum atomic E-state index is -0.817. The molecule has 3 rings (SSSR count). The van der Waals surface area contributed by atoms with Gasteiger partial charge in [-0.2, -0.15) is 0 Å². The van der Waals surface area contributed by atoms with Gasteiger partial charge in [0.05, 0.1) is 5.52 Å². The van der Waals surface area contributed by atoms with E-state index in [-0.39, 0.29) is 69.3 Å². The molecule has 0 atom stereocenters. The van der Waals surface area contributed by atoms with Gasteiger partial charge in [0.15, 0.2) is 5.75 Å². The Labute approximate surface area is 202 Å². The third-order valence-corrected chi connectivity index (χ3v) is 4.20. The first-order valence-corrected chi connectivity index (χ1v) is 8.23. The predicted molar refractivity (Wildman–Crippen MR) is 95.1 cm³/mol. The molecule has 7 nitrogen and oxygen atoms in total. The van der Waals surface area contributed by atoms with E-state index in [1.165, 1.54) is 29.9 Å². The summed E-state index contributed by atoms with van der Waals surface area (Å²) in [4.78, 5) is 28.8. The molecule has 140 valence electrons.